The first kappa shape index (κ1) is 46.6. The van der Waals surface area contributed by atoms with Gasteiger partial charge in [0, 0.05) is 10.8 Å². The molecule has 0 radical (unpaired) electrons. The van der Waals surface area contributed by atoms with Gasteiger partial charge in [0.05, 0.1) is 27.6 Å². The van der Waals surface area contributed by atoms with Crippen LogP contribution in [0.2, 0.25) is 10.6 Å². The molecule has 0 saturated carbocycles. The third-order valence-electron chi connectivity index (χ3n) is 6.64. The molecule has 4 aromatic carbocycles. The van der Waals surface area contributed by atoms with Crippen molar-refractivity contribution in [2.45, 2.75) is 28.5 Å². The van der Waals surface area contributed by atoms with Crippen LogP contribution in [0.25, 0.3) is 10.8 Å². The predicted octanol–water partition coefficient (Wildman–Crippen LogP) is -1.73. The molecule has 4 N–H and O–H groups in total. The third kappa shape index (κ3) is 11.3. The van der Waals surface area contributed by atoms with Crippen molar-refractivity contribution in [3.05, 3.63) is 82.4 Å². The fraction of sp³-hybridized carbons (Fsp3) is 0.0741. The van der Waals surface area contributed by atoms with Gasteiger partial charge < -0.3 is 5.32 Å². The molecule has 254 valence electrons. The minimum Gasteiger partial charge on any atom is -0.323 e. The van der Waals surface area contributed by atoms with Crippen molar-refractivity contribution in [1.29, 1.82) is 0 Å². The zero-order valence-corrected chi connectivity index (χ0v) is 37.6. The summed E-state index contributed by atoms with van der Waals surface area (Å²) in [6.07, 6.45) is 0. The van der Waals surface area contributed by atoms with Gasteiger partial charge in [-0.1, -0.05) is 12.1 Å². The van der Waals surface area contributed by atoms with E-state index in [2.05, 4.69) is 40.7 Å². The Hall–Kier alpha value is -1.54. The van der Waals surface area contributed by atoms with Crippen LogP contribution in [-0.4, -0.2) is 53.9 Å². The number of rotatable bonds is 9. The van der Waals surface area contributed by atoms with Crippen molar-refractivity contribution in [3.63, 3.8) is 0 Å². The monoisotopic (exact) mass is 835 g/mol. The zero-order valence-electron chi connectivity index (χ0n) is 27.7. The Labute approximate surface area is 373 Å². The van der Waals surface area contributed by atoms with Gasteiger partial charge in [0.25, 0.3) is 30.4 Å². The molecule has 0 fully saturated rings. The molecule has 0 aliphatic heterocycles. The number of nitrogens with zero attached hydrogens (tertiary/aromatic N) is 7. The van der Waals surface area contributed by atoms with Crippen LogP contribution < -0.4 is 94.0 Å². The molecule has 0 spiro atoms. The SMILES string of the molecule is Cc1cc(N=Nc2ccc(Nc3nc(Cl)nc(Cl)n3)c3c(S(=O)(=O)O)cccc23)c(C)cc1N=Nc1cc(S(=O)(=O)O)ccc1S(=O)(=O)O.[Na+].[Na+].[Na+]. The normalized spacial score (nSPS) is 12.0. The molecule has 0 saturated heterocycles. The molecule has 5 aromatic rings. The maximum Gasteiger partial charge on any atom is 1.00 e. The second-order valence-corrected chi connectivity index (χ2v) is 14.9. The smallest absolute Gasteiger partial charge is 0.323 e. The van der Waals surface area contributed by atoms with Crippen molar-refractivity contribution >= 4 is 98.7 Å². The molecule has 1 aromatic heterocycles. The number of azo groups is 2. The number of fused-ring (bicyclic) bond motifs is 1. The number of hydrogen-bond donors (Lipinski definition) is 4. The molecule has 0 atom stereocenters. The van der Waals surface area contributed by atoms with E-state index in [1.807, 2.05) is 0 Å². The summed E-state index contributed by atoms with van der Waals surface area (Å²) in [5.41, 5.74) is 1.35. The molecular weight excluding hydrogens is 816 g/mol. The van der Waals surface area contributed by atoms with E-state index in [1.165, 1.54) is 30.3 Å². The Balaban J connectivity index is 0.00000312. The Morgan fingerprint density at radius 3 is 1.63 bits per heavy atom. The van der Waals surface area contributed by atoms with Crippen LogP contribution in [0.15, 0.2) is 95.8 Å². The number of nitrogens with one attached hydrogen (secondary N) is 1. The Morgan fingerprint density at radius 1 is 0.596 bits per heavy atom. The van der Waals surface area contributed by atoms with Crippen LogP contribution in [0.1, 0.15) is 11.1 Å². The van der Waals surface area contributed by atoms with Crippen LogP contribution in [0.5, 0.6) is 0 Å². The number of anilines is 2. The van der Waals surface area contributed by atoms with Gasteiger partial charge in [-0.05, 0) is 96.7 Å². The van der Waals surface area contributed by atoms with Crippen LogP contribution in [0, 0.1) is 13.8 Å². The Morgan fingerprint density at radius 2 is 1.12 bits per heavy atom. The van der Waals surface area contributed by atoms with E-state index >= 15 is 0 Å². The zero-order chi connectivity index (χ0) is 35.9. The molecule has 25 heteroatoms. The topological polar surface area (TPSA) is 263 Å². The van der Waals surface area contributed by atoms with E-state index in [0.717, 1.165) is 18.2 Å². The van der Waals surface area contributed by atoms with E-state index in [1.54, 1.807) is 26.0 Å². The van der Waals surface area contributed by atoms with Gasteiger partial charge in [0.15, 0.2) is 0 Å². The van der Waals surface area contributed by atoms with Crippen molar-refractivity contribution in [2.24, 2.45) is 20.5 Å². The average Bonchev–Trinajstić information content (AvgIpc) is 2.99. The quantitative estimate of drug-likeness (QED) is 0.0732. The van der Waals surface area contributed by atoms with Crippen molar-refractivity contribution in [2.75, 3.05) is 5.32 Å². The van der Waals surface area contributed by atoms with Crippen molar-refractivity contribution in [3.8, 4) is 0 Å². The average molecular weight is 837 g/mol. The third-order valence-corrected chi connectivity index (χ3v) is 9.62. The van der Waals surface area contributed by atoms with E-state index in [9.17, 15) is 38.9 Å². The van der Waals surface area contributed by atoms with Gasteiger partial charge in [-0.2, -0.15) is 50.4 Å². The summed E-state index contributed by atoms with van der Waals surface area (Å²) in [6.45, 7) is 3.28. The summed E-state index contributed by atoms with van der Waals surface area (Å²) in [5, 5.41) is 19.1. The van der Waals surface area contributed by atoms with Gasteiger partial charge in [-0.3, -0.25) is 13.7 Å². The van der Waals surface area contributed by atoms with Crippen LogP contribution in [-0.2, 0) is 30.4 Å². The standard InChI is InChI=1S/C27H20Cl2N8O9S3.3Na/c1-13-11-20(36-37-21-12-15(47(38,39)40)6-9-22(21)48(41,42)43)14(2)10-19(13)35-34-17-7-8-18(30-27-32-25(28)31-26(29)33-27)24-16(17)4-3-5-23(24)49(44,45)46;;;/h3-12H,1-2H3,(H,38,39,40)(H,41,42,43)(H,44,45,46)(H,30,31,32,33);;;/q;3*+1. The molecule has 52 heavy (non-hydrogen) atoms. The summed E-state index contributed by atoms with van der Waals surface area (Å²) >= 11 is 11.7. The van der Waals surface area contributed by atoms with E-state index in [4.69, 9.17) is 23.2 Å². The van der Waals surface area contributed by atoms with E-state index in [-0.39, 0.29) is 133 Å². The fourth-order valence-corrected chi connectivity index (χ4v) is 6.63. The largest absolute Gasteiger partial charge is 1.00 e. The number of aromatic nitrogens is 3. The first-order chi connectivity index (χ1) is 22.8. The fourth-order valence-electron chi connectivity index (χ4n) is 4.44. The summed E-state index contributed by atoms with van der Waals surface area (Å²) < 4.78 is 100. The van der Waals surface area contributed by atoms with Gasteiger partial charge in [0.2, 0.25) is 16.5 Å². The first-order valence-electron chi connectivity index (χ1n) is 13.2. The van der Waals surface area contributed by atoms with Gasteiger partial charge in [-0.25, -0.2) is 0 Å². The summed E-state index contributed by atoms with van der Waals surface area (Å²) in [6, 6.07) is 12.5. The second-order valence-electron chi connectivity index (χ2n) is 10.0. The summed E-state index contributed by atoms with van der Waals surface area (Å²) in [4.78, 5) is 9.64. The van der Waals surface area contributed by atoms with Gasteiger partial charge >= 0.3 is 88.7 Å². The van der Waals surface area contributed by atoms with E-state index < -0.39 is 50.7 Å². The maximum absolute atomic E-state index is 12.3. The summed E-state index contributed by atoms with van der Waals surface area (Å²) in [7, 11) is -14.3. The molecule has 0 amide bonds. The first-order valence-corrected chi connectivity index (χ1v) is 18.3. The van der Waals surface area contributed by atoms with Crippen LogP contribution in [0.3, 0.4) is 0 Å². The second kappa shape index (κ2) is 18.4. The molecule has 0 bridgehead atoms. The molecule has 0 aliphatic carbocycles. The minimum atomic E-state index is -4.84. The molecule has 5 rings (SSSR count). The maximum atomic E-state index is 12.3. The summed E-state index contributed by atoms with van der Waals surface area (Å²) in [5.74, 6) is -0.102. The molecule has 1 heterocycles. The minimum absolute atomic E-state index is 0. The van der Waals surface area contributed by atoms with Gasteiger partial charge in [-0.15, -0.1) is 10.2 Å². The predicted molar refractivity (Wildman–Crippen MR) is 177 cm³/mol. The van der Waals surface area contributed by atoms with Gasteiger partial charge in [0.1, 0.15) is 15.5 Å². The number of aryl methyl sites for hydroxylation is 2. The number of hydrogen-bond acceptors (Lipinski definition) is 14. The van der Waals surface area contributed by atoms with Crippen molar-refractivity contribution < 1.29 is 128 Å². The molecule has 0 unspecified atom stereocenters. The Bertz CT molecular complexity index is 2570. The Kier molecular flexibility index (Phi) is 16.5. The molecular formula is C27H20Cl2N8Na3O9S3+3. The van der Waals surface area contributed by atoms with Crippen LogP contribution in [0.4, 0.5) is 34.4 Å². The van der Waals surface area contributed by atoms with Crippen LogP contribution >= 0.6 is 23.2 Å². The van der Waals surface area contributed by atoms with Crippen molar-refractivity contribution in [1.82, 2.24) is 15.0 Å². The molecule has 17 nitrogen and oxygen atoms in total. The number of halogens is 2. The molecule has 0 aliphatic rings. The number of benzene rings is 4. The van der Waals surface area contributed by atoms with E-state index in [0.29, 0.717) is 16.8 Å².